The van der Waals surface area contributed by atoms with E-state index < -0.39 is 0 Å². The lowest BCUT2D eigenvalue weighted by Gasteiger charge is -2.18. The molecule has 0 N–H and O–H groups in total. The van der Waals surface area contributed by atoms with Crippen LogP contribution in [-0.4, -0.2) is 13.1 Å². The highest BCUT2D eigenvalue weighted by Gasteiger charge is 2.10. The summed E-state index contributed by atoms with van der Waals surface area (Å²) in [6.45, 7) is 5.77. The van der Waals surface area contributed by atoms with E-state index in [9.17, 15) is 9.81 Å². The molecule has 0 saturated carbocycles. The molecule has 0 bridgehead atoms. The Morgan fingerprint density at radius 1 is 0.444 bits per heavy atom. The van der Waals surface area contributed by atoms with Crippen LogP contribution in [0.3, 0.4) is 0 Å². The van der Waals surface area contributed by atoms with Crippen LogP contribution < -0.4 is 10.0 Å². The Morgan fingerprint density at radius 3 is 0.944 bits per heavy atom. The van der Waals surface area contributed by atoms with E-state index in [4.69, 9.17) is 0 Å². The van der Waals surface area contributed by atoms with Gasteiger partial charge in [-0.3, -0.25) is 0 Å². The maximum Gasteiger partial charge on any atom is 0.0627 e. The van der Waals surface area contributed by atoms with Gasteiger partial charge in [-0.1, -0.05) is 129 Å². The number of hydrogen-bond donors (Lipinski definition) is 0. The maximum atomic E-state index is 11.4. The van der Waals surface area contributed by atoms with Crippen molar-refractivity contribution >= 4 is 11.4 Å². The summed E-state index contributed by atoms with van der Waals surface area (Å²) >= 11 is 0. The normalized spacial score (nSPS) is 10.9. The Kier molecular flexibility index (Phi) is 20.9. The van der Waals surface area contributed by atoms with Crippen molar-refractivity contribution < 1.29 is 0 Å². The topological polar surface area (TPSA) is 65.3 Å². The fraction of sp³-hybridized carbons (Fsp3) is 0.800. The molecule has 206 valence electrons. The van der Waals surface area contributed by atoms with Gasteiger partial charge in [0.1, 0.15) is 0 Å². The predicted octanol–water partition coefficient (Wildman–Crippen LogP) is 10.5. The number of unbranched alkanes of at least 4 members (excludes halogenated alkanes) is 18. The van der Waals surface area contributed by atoms with E-state index in [1.165, 1.54) is 113 Å². The summed E-state index contributed by atoms with van der Waals surface area (Å²) in [5.41, 5.74) is 1.55. The van der Waals surface area contributed by atoms with Gasteiger partial charge >= 0.3 is 0 Å². The molecule has 0 atom stereocenters. The highest BCUT2D eigenvalue weighted by atomic mass is 16.3. The number of benzene rings is 1. The zero-order chi connectivity index (χ0) is 26.1. The van der Waals surface area contributed by atoms with Gasteiger partial charge in [-0.2, -0.15) is 0 Å². The first-order valence-corrected chi connectivity index (χ1v) is 15.1. The Hall–Kier alpha value is -1.98. The van der Waals surface area contributed by atoms with Gasteiger partial charge in [0.25, 0.3) is 0 Å². The monoisotopic (exact) mass is 502 g/mol. The third kappa shape index (κ3) is 15.9. The van der Waals surface area contributed by atoms with Crippen molar-refractivity contribution in [2.45, 2.75) is 142 Å². The molecule has 0 saturated heterocycles. The molecule has 0 radical (unpaired) electrons. The van der Waals surface area contributed by atoms with Crippen LogP contribution in [0.15, 0.2) is 34.8 Å². The van der Waals surface area contributed by atoms with Gasteiger partial charge in [-0.25, -0.2) is 10.0 Å². The number of nitrogens with zero attached hydrogens (tertiary/aromatic N) is 4. The molecule has 0 unspecified atom stereocenters. The van der Waals surface area contributed by atoms with E-state index in [1.807, 2.05) is 24.3 Å². The summed E-state index contributed by atoms with van der Waals surface area (Å²) in [5, 5.41) is 9.48. The first-order chi connectivity index (χ1) is 17.8. The largest absolute Gasteiger partial charge is 0.229 e. The third-order valence-corrected chi connectivity index (χ3v) is 7.09. The summed E-state index contributed by atoms with van der Waals surface area (Å²) in [6, 6.07) is 7.46. The summed E-state index contributed by atoms with van der Waals surface area (Å²) in [5.74, 6) is 0. The van der Waals surface area contributed by atoms with Gasteiger partial charge in [0.05, 0.1) is 21.9 Å². The zero-order valence-electron chi connectivity index (χ0n) is 23.5. The fourth-order valence-electron chi connectivity index (χ4n) is 4.73. The summed E-state index contributed by atoms with van der Waals surface area (Å²) in [4.78, 5) is 22.8. The van der Waals surface area contributed by atoms with Gasteiger partial charge in [0, 0.05) is 13.1 Å². The van der Waals surface area contributed by atoms with Gasteiger partial charge in [0.15, 0.2) is 0 Å². The van der Waals surface area contributed by atoms with Crippen molar-refractivity contribution in [3.05, 3.63) is 34.1 Å². The van der Waals surface area contributed by atoms with Crippen molar-refractivity contribution in [1.29, 1.82) is 0 Å². The molecule has 0 aliphatic carbocycles. The second-order valence-electron chi connectivity index (χ2n) is 10.3. The molecular weight excluding hydrogens is 448 g/mol. The molecule has 0 aliphatic heterocycles. The van der Waals surface area contributed by atoms with Gasteiger partial charge < -0.3 is 0 Å². The molecule has 0 fully saturated rings. The van der Waals surface area contributed by atoms with Crippen molar-refractivity contribution in [3.63, 3.8) is 0 Å². The summed E-state index contributed by atoms with van der Waals surface area (Å²) in [7, 11) is 0. The molecule has 6 heteroatoms. The van der Waals surface area contributed by atoms with Crippen molar-refractivity contribution in [1.82, 2.24) is 0 Å². The van der Waals surface area contributed by atoms with E-state index in [0.717, 1.165) is 37.1 Å². The van der Waals surface area contributed by atoms with E-state index in [1.54, 1.807) is 0 Å². The molecule has 1 aromatic rings. The summed E-state index contributed by atoms with van der Waals surface area (Å²) < 4.78 is 0. The van der Waals surface area contributed by atoms with E-state index in [0.29, 0.717) is 13.1 Å². The average Bonchev–Trinajstić information content (AvgIpc) is 2.91. The van der Waals surface area contributed by atoms with Crippen molar-refractivity contribution in [2.75, 3.05) is 23.1 Å². The van der Waals surface area contributed by atoms with Crippen LogP contribution in [-0.2, 0) is 0 Å². The Balaban J connectivity index is 2.22. The molecule has 1 rings (SSSR count). The SMILES string of the molecule is CCCCCCCCCCCCN(N=O)c1ccc(N(CCCCCCCCCCCC)N=O)cc1. The molecule has 0 aliphatic rings. The molecule has 1 aromatic carbocycles. The molecule has 0 aromatic heterocycles. The molecule has 0 spiro atoms. The average molecular weight is 503 g/mol. The van der Waals surface area contributed by atoms with Crippen LogP contribution >= 0.6 is 0 Å². The maximum absolute atomic E-state index is 11.4. The van der Waals surface area contributed by atoms with Crippen LogP contribution in [0.2, 0.25) is 0 Å². The van der Waals surface area contributed by atoms with E-state index >= 15 is 0 Å². The molecule has 6 nitrogen and oxygen atoms in total. The molecule has 36 heavy (non-hydrogen) atoms. The third-order valence-electron chi connectivity index (χ3n) is 7.09. The number of rotatable bonds is 26. The fourth-order valence-corrected chi connectivity index (χ4v) is 4.73. The van der Waals surface area contributed by atoms with Crippen LogP contribution in [0.4, 0.5) is 11.4 Å². The highest BCUT2D eigenvalue weighted by Crippen LogP contribution is 2.23. The summed E-state index contributed by atoms with van der Waals surface area (Å²) in [6.07, 6.45) is 25.3. The Bertz CT molecular complexity index is 583. The van der Waals surface area contributed by atoms with Gasteiger partial charge in [0.2, 0.25) is 0 Å². The number of anilines is 2. The highest BCUT2D eigenvalue weighted by molar-refractivity contribution is 5.55. The first-order valence-electron chi connectivity index (χ1n) is 15.1. The Labute approximate surface area is 221 Å². The van der Waals surface area contributed by atoms with Crippen molar-refractivity contribution in [3.8, 4) is 0 Å². The molecule has 0 heterocycles. The minimum Gasteiger partial charge on any atom is -0.229 e. The number of nitroso groups, excluding NO2 is 2. The number of hydrogen-bond acceptors (Lipinski definition) is 4. The van der Waals surface area contributed by atoms with Crippen LogP contribution in [0.25, 0.3) is 0 Å². The zero-order valence-corrected chi connectivity index (χ0v) is 23.5. The van der Waals surface area contributed by atoms with Crippen LogP contribution in [0, 0.1) is 9.81 Å². The standard InChI is InChI=1S/C30H54N4O2/c1-3-5-7-9-11-13-15-17-19-21-27-33(31-35)29-23-25-30(26-24-29)34(32-36)28-22-20-18-16-14-12-10-8-6-4-2/h23-26H,3-22,27-28H2,1-2H3. The molecule has 0 amide bonds. The lowest BCUT2D eigenvalue weighted by atomic mass is 10.1. The van der Waals surface area contributed by atoms with E-state index in [2.05, 4.69) is 24.4 Å². The second kappa shape index (κ2) is 23.4. The lowest BCUT2D eigenvalue weighted by molar-refractivity contribution is 0.554. The van der Waals surface area contributed by atoms with Crippen LogP contribution in [0.1, 0.15) is 142 Å². The van der Waals surface area contributed by atoms with Crippen molar-refractivity contribution in [2.24, 2.45) is 10.6 Å². The first kappa shape index (κ1) is 32.0. The van der Waals surface area contributed by atoms with Crippen LogP contribution in [0.5, 0.6) is 0 Å². The quantitative estimate of drug-likeness (QED) is 0.0717. The minimum atomic E-state index is 0.633. The second-order valence-corrected chi connectivity index (χ2v) is 10.3. The Morgan fingerprint density at radius 2 is 0.694 bits per heavy atom. The van der Waals surface area contributed by atoms with Gasteiger partial charge in [-0.15, -0.1) is 9.81 Å². The van der Waals surface area contributed by atoms with E-state index in [-0.39, 0.29) is 0 Å². The predicted molar refractivity (Wildman–Crippen MR) is 156 cm³/mol. The minimum absolute atomic E-state index is 0.633. The smallest absolute Gasteiger partial charge is 0.0627 e. The molecular formula is C30H54N4O2. The lowest BCUT2D eigenvalue weighted by Crippen LogP contribution is -2.18. The van der Waals surface area contributed by atoms with Gasteiger partial charge in [-0.05, 0) is 37.1 Å².